The fourth-order valence-electron chi connectivity index (χ4n) is 19.3. The summed E-state index contributed by atoms with van der Waals surface area (Å²) in [5.41, 5.74) is 21.6. The van der Waals surface area contributed by atoms with Crippen LogP contribution in [0, 0.1) is 57.3 Å². The first kappa shape index (κ1) is 93.6. The molecule has 7 heterocycles. The molecule has 30 heteroatoms. The van der Waals surface area contributed by atoms with Crippen molar-refractivity contribution in [2.24, 2.45) is 29.6 Å². The Morgan fingerprint density at radius 2 is 1.26 bits per heavy atom. The molecule has 2 unspecified atom stereocenters. The molecule has 23 rings (SSSR count). The second-order valence-electron chi connectivity index (χ2n) is 34.4. The molecule has 2 saturated heterocycles. The number of rotatable bonds is 17. The van der Waals surface area contributed by atoms with E-state index in [1.165, 1.54) is 102 Å². The summed E-state index contributed by atoms with van der Waals surface area (Å²) in [7, 11) is 3.33. The number of hydrogen-bond donors (Lipinski definition) is 3. The summed E-state index contributed by atoms with van der Waals surface area (Å²) >= 11 is 13.1. The number of likely N-dealkylation sites (tertiary alicyclic amines) is 1. The van der Waals surface area contributed by atoms with Crippen molar-refractivity contribution in [2.45, 2.75) is 95.2 Å². The first-order valence-corrected chi connectivity index (χ1v) is 49.2. The van der Waals surface area contributed by atoms with Crippen LogP contribution in [0.25, 0.3) is 60.8 Å². The number of aromatic nitrogens is 6. The Morgan fingerprint density at radius 1 is 0.630 bits per heavy atom. The molecule has 15 aromatic rings. The Morgan fingerprint density at radius 3 is 1.93 bits per heavy atom. The van der Waals surface area contributed by atoms with E-state index in [0.29, 0.717) is 87.0 Å². The smallest absolute Gasteiger partial charge is 0.293 e. The van der Waals surface area contributed by atoms with Gasteiger partial charge in [0.2, 0.25) is 23.5 Å². The second-order valence-corrected chi connectivity index (χ2v) is 39.7. The number of carbonyl (C=O) groups is 5. The molecule has 8 aliphatic rings. The molecule has 3 aliphatic heterocycles. The van der Waals surface area contributed by atoms with Gasteiger partial charge in [0.1, 0.15) is 57.2 Å². The van der Waals surface area contributed by atoms with Crippen LogP contribution in [0.15, 0.2) is 244 Å². The van der Waals surface area contributed by atoms with Crippen molar-refractivity contribution in [3.63, 3.8) is 0 Å². The zero-order valence-corrected chi connectivity index (χ0v) is 80.9. The van der Waals surface area contributed by atoms with Crippen LogP contribution in [0.3, 0.4) is 0 Å². The maximum atomic E-state index is 13.8. The molecule has 0 radical (unpaired) electrons. The van der Waals surface area contributed by atoms with Crippen molar-refractivity contribution in [3.05, 3.63) is 295 Å². The number of sulfonamides is 1. The number of halogens is 2. The van der Waals surface area contributed by atoms with E-state index in [0.717, 1.165) is 157 Å². The molecule has 4 saturated carbocycles. The number of amides is 4. The largest absolute Gasteiger partial charge is 0.497 e. The van der Waals surface area contributed by atoms with E-state index in [1.807, 2.05) is 191 Å². The average molecular weight is 1950 g/mol. The van der Waals surface area contributed by atoms with Crippen molar-refractivity contribution < 1.29 is 60.5 Å². The van der Waals surface area contributed by atoms with E-state index in [9.17, 15) is 32.4 Å². The summed E-state index contributed by atoms with van der Waals surface area (Å²) in [6.45, 7) is 9.58. The van der Waals surface area contributed by atoms with Crippen LogP contribution in [0.5, 0.6) is 28.7 Å². The number of aryl methyl sites for hydroxylation is 4. The van der Waals surface area contributed by atoms with Crippen molar-refractivity contribution in [1.29, 1.82) is 0 Å². The Kier molecular flexibility index (Phi) is 28.4. The summed E-state index contributed by atoms with van der Waals surface area (Å²) in [5.74, 6) is 7.55. The number of nitrogen functional groups attached to an aromatic ring is 1. The zero-order chi connectivity index (χ0) is 94.5. The van der Waals surface area contributed by atoms with Crippen molar-refractivity contribution in [1.82, 2.24) is 39.7 Å². The van der Waals surface area contributed by atoms with Gasteiger partial charge in [0.15, 0.2) is 22.4 Å². The number of nitrogens with two attached hydrogens (primary N) is 1. The minimum Gasteiger partial charge on any atom is -0.497 e. The topological polar surface area (TPSA) is 308 Å². The monoisotopic (exact) mass is 1950 g/mol. The highest BCUT2D eigenvalue weighted by atomic mass is 79.9. The Hall–Kier alpha value is -13.2. The van der Waals surface area contributed by atoms with Crippen LogP contribution in [0.2, 0.25) is 5.02 Å². The van der Waals surface area contributed by atoms with Crippen molar-refractivity contribution in [3.8, 4) is 45.7 Å². The minimum atomic E-state index is -4.18. The number of carbonyl (C=O) groups excluding carboxylic acids is 5. The lowest BCUT2D eigenvalue weighted by molar-refractivity contribution is -0.131. The SMILES string of the molecule is COc1ccc(C2SCC(=O)N2CC2C3CC4CC(C3)CC2C4)cc1.COc1ccc(OC)c(N(CC(=O)N2CCCC2)S(=O)(=O)c2ccc(OC)c(OC)c2)c1.Cc1cc2nn(-c3ccccc3)nc2c(Br)c1N.Cc1nc(NC(=O)c2oc3ccccc3c2C)sc1C.O=C1CC(c2ccccc2Cl)c2ccc3ccccc3c2N1.O=C1c2ccccc2-c2nc3ccccc3nc21. The molecule has 5 aliphatic carbocycles. The van der Waals surface area contributed by atoms with Crippen LogP contribution < -0.4 is 44.4 Å². The van der Waals surface area contributed by atoms with Gasteiger partial charge >= 0.3 is 0 Å². The Balaban J connectivity index is 0.000000114. The average Bonchev–Trinajstić information content (AvgIpc) is 1.68. The van der Waals surface area contributed by atoms with Gasteiger partial charge in [-0.1, -0.05) is 151 Å². The van der Waals surface area contributed by atoms with E-state index in [2.05, 4.69) is 86.9 Å². The summed E-state index contributed by atoms with van der Waals surface area (Å²) in [5, 5.41) is 19.4. The van der Waals surface area contributed by atoms with Crippen LogP contribution in [-0.4, -0.2) is 145 Å². The van der Waals surface area contributed by atoms with Gasteiger partial charge in [-0.3, -0.25) is 33.6 Å². The van der Waals surface area contributed by atoms with Gasteiger partial charge in [-0.25, -0.2) is 23.4 Å². The van der Waals surface area contributed by atoms with E-state index in [4.69, 9.17) is 45.4 Å². The first-order chi connectivity index (χ1) is 65.4. The van der Waals surface area contributed by atoms with E-state index in [1.54, 1.807) is 40.7 Å². The minimum absolute atomic E-state index is 0.00190. The number of methoxy groups -OCH3 is 5. The van der Waals surface area contributed by atoms with Crippen molar-refractivity contribution in [2.75, 3.05) is 88.2 Å². The molecule has 0 spiro atoms. The van der Waals surface area contributed by atoms with Gasteiger partial charge in [-0.05, 0) is 225 Å². The van der Waals surface area contributed by atoms with Crippen LogP contribution in [0.1, 0.15) is 128 Å². The number of ketones is 1. The molecule has 6 fully saturated rings. The molecule has 4 aromatic heterocycles. The summed E-state index contributed by atoms with van der Waals surface area (Å²) in [6.07, 6.45) is 9.44. The molecule has 2 atom stereocenters. The van der Waals surface area contributed by atoms with Gasteiger partial charge in [-0.2, -0.15) is 4.80 Å². The number of anilines is 4. The summed E-state index contributed by atoms with van der Waals surface area (Å²) in [4.78, 5) is 82.2. The van der Waals surface area contributed by atoms with Gasteiger partial charge in [0.05, 0.1) is 90.1 Å². The predicted molar refractivity (Wildman–Crippen MR) is 535 cm³/mol. The number of thioether (sulfide) groups is 1. The summed E-state index contributed by atoms with van der Waals surface area (Å²) in [6, 6.07) is 71.9. The maximum absolute atomic E-state index is 13.8. The number of ether oxygens (including phenoxy) is 5. The quantitative estimate of drug-likeness (QED) is 0.0713. The van der Waals surface area contributed by atoms with Crippen molar-refractivity contribution >= 4 is 156 Å². The molecule has 4 amide bonds. The van der Waals surface area contributed by atoms with Gasteiger partial charge < -0.3 is 49.0 Å². The Labute approximate surface area is 804 Å². The third-order valence-electron chi connectivity index (χ3n) is 26.2. The number of thiazole rings is 1. The highest BCUT2D eigenvalue weighted by Crippen LogP contribution is 2.58. The molecule has 4 bridgehead atoms. The fraction of sp³-hybridized carbons (Fsp3) is 0.276. The fourth-order valence-corrected chi connectivity index (χ4v) is 23.7. The zero-order valence-electron chi connectivity index (χ0n) is 76.1. The number of fused-ring (bicyclic) bond motifs is 9. The number of nitrogens with one attached hydrogen (secondary N) is 2. The second kappa shape index (κ2) is 40.9. The number of furan rings is 1. The van der Waals surface area contributed by atoms with Gasteiger partial charge in [-0.15, -0.1) is 33.3 Å². The van der Waals surface area contributed by atoms with Gasteiger partial charge in [0, 0.05) is 81.5 Å². The van der Waals surface area contributed by atoms with E-state index in [-0.39, 0.29) is 57.7 Å². The molecule has 11 aromatic carbocycles. The first-order valence-electron chi connectivity index (χ1n) is 44.7. The lowest BCUT2D eigenvalue weighted by Gasteiger charge is -2.55. The molecule has 25 nitrogen and oxygen atoms in total. The van der Waals surface area contributed by atoms with Gasteiger partial charge in [0.25, 0.3) is 15.9 Å². The summed E-state index contributed by atoms with van der Waals surface area (Å²) < 4.78 is 61.5. The lowest BCUT2D eigenvalue weighted by atomic mass is 9.52. The highest BCUT2D eigenvalue weighted by molar-refractivity contribution is 9.10. The van der Waals surface area contributed by atoms with Crippen LogP contribution in [0.4, 0.5) is 22.2 Å². The molecule has 4 N–H and O–H groups in total. The molecular formula is C105H102BrClN12O13S3. The van der Waals surface area contributed by atoms with Crippen LogP contribution in [-0.2, 0) is 24.4 Å². The predicted octanol–water partition coefficient (Wildman–Crippen LogP) is 21.8. The molecule has 135 heavy (non-hydrogen) atoms. The standard InChI is InChI=1S/C22H28N2O7S.C21H27NO2S.C19H14ClNO.C15H14N2O2S.C15H8N2O.C13H11BrN4/c1-28-16-7-9-19(29-2)18(13-16)24(15-22(25)23-11-5-6-12-23)32(26,27)17-8-10-20(30-3)21(14-17)31-4;1-24-18-4-2-15(3-5-18)21-22(20(23)12-25-21)11-19-16-7-13-6-14(9-16)10-17(19)8-13;20-17-8-4-3-7-14(17)16-11-18(22)21-19-13-6-2-1-5-12(13)9-10-15(16)19;1-8-11-6-4-5-7-12(11)19-13(8)14(18)17-15-16-9(2)10(3)20-15;18-15-10-6-2-1-5-9(10)13-14(15)17-12-8-4-3-7-11(12)16-13;1-8-7-10-13(11(14)12(8)15)17-18(16-10)9-5-3-2-4-6-9/h7-10,13-14H,5-6,11-12,15H2,1-4H3;2-5,13-14,16-17,19,21H,6-12H2,1H3;1-10,16H,11H2,(H,21,22);4-7H,1-3H3,(H,16,17,18);1-8H;2-7H,15H2,1H3. The Bertz CT molecular complexity index is 7070. The number of hydrogen-bond acceptors (Lipinski definition) is 21. The molecule has 692 valence electrons. The third kappa shape index (κ3) is 19.9. The lowest BCUT2D eigenvalue weighted by Crippen LogP contribution is -2.49. The van der Waals surface area contributed by atoms with E-state index >= 15 is 0 Å². The van der Waals surface area contributed by atoms with Crippen LogP contribution >= 0.6 is 50.6 Å². The molecular weight excluding hydrogens is 1850 g/mol. The third-order valence-corrected chi connectivity index (χ3v) is 31.3. The maximum Gasteiger partial charge on any atom is 0.293 e. The number of para-hydroxylation sites is 4. The number of benzene rings is 11. The van der Waals surface area contributed by atoms with E-state index < -0.39 is 10.0 Å². The highest BCUT2D eigenvalue weighted by Gasteiger charge is 2.50. The normalized spacial score (nSPS) is 18.0. The number of nitrogens with zero attached hydrogens (tertiary/aromatic N) is 9.